The normalized spacial score (nSPS) is 11.0. The first-order chi connectivity index (χ1) is 10.2. The van der Waals surface area contributed by atoms with Gasteiger partial charge in [0.15, 0.2) is 0 Å². The van der Waals surface area contributed by atoms with E-state index in [0.717, 1.165) is 28.4 Å². The van der Waals surface area contributed by atoms with E-state index in [1.54, 1.807) is 16.0 Å². The number of nitrogens with zero attached hydrogens (tertiary/aromatic N) is 4. The number of aryl methyl sites for hydroxylation is 1. The average Bonchev–Trinajstić information content (AvgIpc) is 3.11. The smallest absolute Gasteiger partial charge is 0.123 e. The molecule has 5 nitrogen and oxygen atoms in total. The largest absolute Gasteiger partial charge is 0.330 e. The Balaban J connectivity index is 1.73. The van der Waals surface area contributed by atoms with Crippen molar-refractivity contribution in [2.24, 2.45) is 5.73 Å². The van der Waals surface area contributed by atoms with Crippen LogP contribution in [0.3, 0.4) is 0 Å². The Labute approximate surface area is 127 Å². The van der Waals surface area contributed by atoms with Gasteiger partial charge in [-0.25, -0.2) is 9.67 Å². The van der Waals surface area contributed by atoms with E-state index in [1.165, 1.54) is 5.56 Å². The van der Waals surface area contributed by atoms with Gasteiger partial charge in [0.25, 0.3) is 0 Å². The summed E-state index contributed by atoms with van der Waals surface area (Å²) in [6.45, 7) is 3.31. The lowest BCUT2D eigenvalue weighted by molar-refractivity contribution is 0.641. The first-order valence-electron chi connectivity index (χ1n) is 6.85. The molecular weight excluding hydrogens is 282 g/mol. The quantitative estimate of drug-likeness (QED) is 0.784. The second-order valence-electron chi connectivity index (χ2n) is 4.96. The van der Waals surface area contributed by atoms with Gasteiger partial charge in [-0.2, -0.15) is 0 Å². The van der Waals surface area contributed by atoms with Crippen LogP contribution in [0.25, 0.3) is 10.6 Å². The highest BCUT2D eigenvalue weighted by Gasteiger charge is 2.07. The SMILES string of the molecule is Cc1ccc(-c2nc(Cn3cc(CCN)nn3)cs2)cc1. The third-order valence-electron chi connectivity index (χ3n) is 3.16. The van der Waals surface area contributed by atoms with Crippen molar-refractivity contribution in [2.45, 2.75) is 19.9 Å². The Morgan fingerprint density at radius 1 is 1.19 bits per heavy atom. The summed E-state index contributed by atoms with van der Waals surface area (Å²) in [7, 11) is 0. The van der Waals surface area contributed by atoms with E-state index in [9.17, 15) is 0 Å². The first-order valence-corrected chi connectivity index (χ1v) is 7.73. The minimum absolute atomic E-state index is 0.590. The molecule has 3 rings (SSSR count). The van der Waals surface area contributed by atoms with E-state index < -0.39 is 0 Å². The summed E-state index contributed by atoms with van der Waals surface area (Å²) in [6, 6.07) is 8.42. The molecule has 0 saturated heterocycles. The van der Waals surface area contributed by atoms with Gasteiger partial charge in [0.1, 0.15) is 5.01 Å². The van der Waals surface area contributed by atoms with E-state index >= 15 is 0 Å². The molecule has 2 aromatic heterocycles. The third-order valence-corrected chi connectivity index (χ3v) is 4.10. The second kappa shape index (κ2) is 6.15. The molecule has 2 heterocycles. The van der Waals surface area contributed by atoms with Crippen molar-refractivity contribution >= 4 is 11.3 Å². The lowest BCUT2D eigenvalue weighted by atomic mass is 10.2. The van der Waals surface area contributed by atoms with E-state index in [-0.39, 0.29) is 0 Å². The third kappa shape index (κ3) is 3.34. The fraction of sp³-hybridized carbons (Fsp3) is 0.267. The molecule has 0 spiro atoms. The zero-order chi connectivity index (χ0) is 14.7. The van der Waals surface area contributed by atoms with Crippen molar-refractivity contribution < 1.29 is 0 Å². The number of rotatable bonds is 5. The summed E-state index contributed by atoms with van der Waals surface area (Å²) < 4.78 is 1.80. The van der Waals surface area contributed by atoms with Gasteiger partial charge in [0.05, 0.1) is 17.9 Å². The van der Waals surface area contributed by atoms with Crippen molar-refractivity contribution in [2.75, 3.05) is 6.54 Å². The van der Waals surface area contributed by atoms with E-state index in [0.29, 0.717) is 13.1 Å². The Kier molecular flexibility index (Phi) is 4.08. The van der Waals surface area contributed by atoms with Gasteiger partial charge in [-0.1, -0.05) is 35.0 Å². The van der Waals surface area contributed by atoms with Crippen LogP contribution in [-0.2, 0) is 13.0 Å². The molecule has 21 heavy (non-hydrogen) atoms. The van der Waals surface area contributed by atoms with Gasteiger partial charge in [-0.3, -0.25) is 0 Å². The van der Waals surface area contributed by atoms with Crippen LogP contribution in [-0.4, -0.2) is 26.5 Å². The van der Waals surface area contributed by atoms with Crippen molar-refractivity contribution in [3.8, 4) is 10.6 Å². The zero-order valence-electron chi connectivity index (χ0n) is 11.9. The van der Waals surface area contributed by atoms with E-state index in [1.807, 2.05) is 6.20 Å². The Bertz CT molecular complexity index is 714. The van der Waals surface area contributed by atoms with Crippen LogP contribution in [0, 0.1) is 6.92 Å². The summed E-state index contributed by atoms with van der Waals surface area (Å²) in [4.78, 5) is 4.67. The first kappa shape index (κ1) is 13.9. The van der Waals surface area contributed by atoms with Crippen LogP contribution >= 0.6 is 11.3 Å². The van der Waals surface area contributed by atoms with E-state index in [4.69, 9.17) is 5.73 Å². The van der Waals surface area contributed by atoms with Gasteiger partial charge >= 0.3 is 0 Å². The van der Waals surface area contributed by atoms with Gasteiger partial charge in [-0.05, 0) is 13.5 Å². The summed E-state index contributed by atoms with van der Waals surface area (Å²) in [5.74, 6) is 0. The topological polar surface area (TPSA) is 69.6 Å². The average molecular weight is 299 g/mol. The molecule has 6 heteroatoms. The Hall–Kier alpha value is -2.05. The lowest BCUT2D eigenvalue weighted by Crippen LogP contribution is -2.03. The number of hydrogen-bond acceptors (Lipinski definition) is 5. The number of hydrogen-bond donors (Lipinski definition) is 1. The minimum Gasteiger partial charge on any atom is -0.330 e. The molecular formula is C15H17N5S. The molecule has 2 N–H and O–H groups in total. The maximum Gasteiger partial charge on any atom is 0.123 e. The molecule has 1 aromatic carbocycles. The fourth-order valence-electron chi connectivity index (χ4n) is 2.05. The second-order valence-corrected chi connectivity index (χ2v) is 5.81. The molecule has 3 aromatic rings. The Morgan fingerprint density at radius 2 is 2.00 bits per heavy atom. The molecule has 0 amide bonds. The maximum absolute atomic E-state index is 5.51. The molecule has 0 aliphatic rings. The molecule has 0 unspecified atom stereocenters. The molecule has 108 valence electrons. The monoisotopic (exact) mass is 299 g/mol. The molecule has 0 fully saturated rings. The number of aromatic nitrogens is 4. The maximum atomic E-state index is 5.51. The van der Waals surface area contributed by atoms with Crippen molar-refractivity contribution in [3.05, 3.63) is 52.8 Å². The summed E-state index contributed by atoms with van der Waals surface area (Å²) >= 11 is 1.65. The standard InChI is InChI=1S/C15H17N5S/c1-11-2-4-12(5-3-11)15-17-14(10-21-15)9-20-8-13(6-7-16)18-19-20/h2-5,8,10H,6-7,9,16H2,1H3. The van der Waals surface area contributed by atoms with Crippen molar-refractivity contribution in [3.63, 3.8) is 0 Å². The lowest BCUT2D eigenvalue weighted by Gasteiger charge is -1.97. The highest BCUT2D eigenvalue weighted by Crippen LogP contribution is 2.24. The highest BCUT2D eigenvalue weighted by atomic mass is 32.1. The van der Waals surface area contributed by atoms with Crippen LogP contribution in [0.2, 0.25) is 0 Å². The minimum atomic E-state index is 0.590. The summed E-state index contributed by atoms with van der Waals surface area (Å²) in [5.41, 5.74) is 9.84. The number of thiazole rings is 1. The van der Waals surface area contributed by atoms with Crippen molar-refractivity contribution in [1.82, 2.24) is 20.0 Å². The number of nitrogens with two attached hydrogens (primary N) is 1. The van der Waals surface area contributed by atoms with Crippen molar-refractivity contribution in [1.29, 1.82) is 0 Å². The fourth-order valence-corrected chi connectivity index (χ4v) is 2.87. The van der Waals surface area contributed by atoms with Crippen LogP contribution < -0.4 is 5.73 Å². The predicted octanol–water partition coefficient (Wildman–Crippen LogP) is 2.26. The van der Waals surface area contributed by atoms with Gasteiger partial charge < -0.3 is 5.73 Å². The number of benzene rings is 1. The van der Waals surface area contributed by atoms with E-state index in [2.05, 4.69) is 51.9 Å². The Morgan fingerprint density at radius 3 is 2.76 bits per heavy atom. The van der Waals surface area contributed by atoms with Crippen LogP contribution in [0.1, 0.15) is 17.0 Å². The zero-order valence-corrected chi connectivity index (χ0v) is 12.7. The summed E-state index contributed by atoms with van der Waals surface area (Å²) in [5, 5.41) is 11.3. The molecule has 0 radical (unpaired) electrons. The molecule has 0 atom stereocenters. The molecule has 0 aliphatic carbocycles. The molecule has 0 aliphatic heterocycles. The van der Waals surface area contributed by atoms with Gasteiger partial charge in [0, 0.05) is 23.6 Å². The van der Waals surface area contributed by atoms with Crippen LogP contribution in [0.5, 0.6) is 0 Å². The van der Waals surface area contributed by atoms with Crippen LogP contribution in [0.4, 0.5) is 0 Å². The molecule has 0 saturated carbocycles. The highest BCUT2D eigenvalue weighted by molar-refractivity contribution is 7.13. The summed E-state index contributed by atoms with van der Waals surface area (Å²) in [6.07, 6.45) is 2.68. The predicted molar refractivity (Wildman–Crippen MR) is 84.2 cm³/mol. The molecule has 0 bridgehead atoms. The van der Waals surface area contributed by atoms with Crippen LogP contribution in [0.15, 0.2) is 35.8 Å². The van der Waals surface area contributed by atoms with Gasteiger partial charge in [0.2, 0.25) is 0 Å². The van der Waals surface area contributed by atoms with Gasteiger partial charge in [-0.15, -0.1) is 16.4 Å².